The van der Waals surface area contributed by atoms with Gasteiger partial charge in [0.2, 0.25) is 0 Å². The second-order valence-corrected chi connectivity index (χ2v) is 6.07. The number of esters is 1. The average Bonchev–Trinajstić information content (AvgIpc) is 2.27. The molecule has 7 nitrogen and oxygen atoms in total. The smallest absolute Gasteiger partial charge is 0.304 e. The predicted octanol–water partition coefficient (Wildman–Crippen LogP) is 1.50. The molecule has 1 unspecified atom stereocenters. The Bertz CT molecular complexity index is 583. The number of sulfone groups is 1. The number of carbonyl (C=O) groups excluding carboxylic acids is 1. The summed E-state index contributed by atoms with van der Waals surface area (Å²) in [4.78, 5) is 20.3. The Hall–Kier alpha value is -1.67. The number of alkyl halides is 1. The Kier molecular flexibility index (Phi) is 4.84. The van der Waals surface area contributed by atoms with Crippen LogP contribution in [0.3, 0.4) is 0 Å². The van der Waals surface area contributed by atoms with Crippen molar-refractivity contribution in [2.75, 3.05) is 5.75 Å². The molecule has 1 aromatic rings. The van der Waals surface area contributed by atoms with Gasteiger partial charge in [0.25, 0.3) is 5.69 Å². The van der Waals surface area contributed by atoms with Crippen molar-refractivity contribution in [1.82, 2.24) is 0 Å². The van der Waals surface area contributed by atoms with Gasteiger partial charge in [0.1, 0.15) is 5.75 Å². The first-order valence-electron chi connectivity index (χ1n) is 5.01. The van der Waals surface area contributed by atoms with Crippen LogP contribution in [0.15, 0.2) is 29.2 Å². The number of nitro groups is 1. The molecular weight excluding hydrogens is 298 g/mol. The minimum Gasteiger partial charge on any atom is -0.445 e. The molecule has 1 atom stereocenters. The quantitative estimate of drug-likeness (QED) is 0.353. The standard InChI is InChI=1S/C10H10ClNO6S/c1-7(13)18-10(11)6-19(16,17)9-4-2-8(3-5-9)12(14)15/h2-5,10H,6H2,1H3. The van der Waals surface area contributed by atoms with E-state index in [-0.39, 0.29) is 10.6 Å². The summed E-state index contributed by atoms with van der Waals surface area (Å²) >= 11 is 5.56. The van der Waals surface area contributed by atoms with Crippen molar-refractivity contribution in [2.45, 2.75) is 17.4 Å². The van der Waals surface area contributed by atoms with Gasteiger partial charge in [-0.2, -0.15) is 0 Å². The summed E-state index contributed by atoms with van der Waals surface area (Å²) in [6.45, 7) is 1.11. The predicted molar refractivity (Wildman–Crippen MR) is 66.6 cm³/mol. The van der Waals surface area contributed by atoms with Crippen molar-refractivity contribution in [3.8, 4) is 0 Å². The molecule has 0 heterocycles. The lowest BCUT2D eigenvalue weighted by atomic mass is 10.3. The number of rotatable bonds is 5. The summed E-state index contributed by atoms with van der Waals surface area (Å²) < 4.78 is 28.2. The number of hydrogen-bond acceptors (Lipinski definition) is 6. The topological polar surface area (TPSA) is 104 Å². The number of halogens is 1. The minimum absolute atomic E-state index is 0.129. The molecule has 0 amide bonds. The van der Waals surface area contributed by atoms with Crippen LogP contribution in [0.1, 0.15) is 6.92 Å². The van der Waals surface area contributed by atoms with Crippen molar-refractivity contribution in [1.29, 1.82) is 0 Å². The largest absolute Gasteiger partial charge is 0.445 e. The molecule has 0 bridgehead atoms. The Labute approximate surface area is 114 Å². The highest BCUT2D eigenvalue weighted by Gasteiger charge is 2.22. The fraction of sp³-hybridized carbons (Fsp3) is 0.300. The van der Waals surface area contributed by atoms with E-state index in [2.05, 4.69) is 4.74 Å². The fourth-order valence-corrected chi connectivity index (χ4v) is 3.04. The Morgan fingerprint density at radius 2 is 1.95 bits per heavy atom. The fourth-order valence-electron chi connectivity index (χ4n) is 1.26. The molecule has 0 fully saturated rings. The van der Waals surface area contributed by atoms with Crippen LogP contribution in [0.4, 0.5) is 5.69 Å². The number of non-ortho nitro benzene ring substituents is 1. The van der Waals surface area contributed by atoms with Crippen LogP contribution in [0.5, 0.6) is 0 Å². The molecule has 1 rings (SSSR count). The highest BCUT2D eigenvalue weighted by atomic mass is 35.5. The molecule has 0 aliphatic heterocycles. The normalized spacial score (nSPS) is 12.7. The average molecular weight is 308 g/mol. The minimum atomic E-state index is -3.78. The number of nitrogens with zero attached hydrogens (tertiary/aromatic N) is 1. The molecule has 0 aliphatic rings. The molecule has 0 saturated carbocycles. The third kappa shape index (κ3) is 4.49. The van der Waals surface area contributed by atoms with Gasteiger partial charge in [-0.1, -0.05) is 11.6 Å². The van der Waals surface area contributed by atoms with Crippen LogP contribution < -0.4 is 0 Å². The molecule has 0 N–H and O–H groups in total. The van der Waals surface area contributed by atoms with Gasteiger partial charge in [-0.15, -0.1) is 0 Å². The van der Waals surface area contributed by atoms with Gasteiger partial charge in [0.05, 0.1) is 9.82 Å². The number of hydrogen-bond donors (Lipinski definition) is 0. The van der Waals surface area contributed by atoms with Crippen molar-refractivity contribution in [3.05, 3.63) is 34.4 Å². The summed E-state index contributed by atoms with van der Waals surface area (Å²) in [6, 6.07) is 4.35. The Morgan fingerprint density at radius 3 is 2.37 bits per heavy atom. The SMILES string of the molecule is CC(=O)OC(Cl)CS(=O)(=O)c1ccc([N+](=O)[O-])cc1. The summed E-state index contributed by atoms with van der Waals surface area (Å²) in [5.74, 6) is -1.30. The molecule has 0 aromatic heterocycles. The molecule has 104 valence electrons. The first-order chi connectivity index (χ1) is 8.72. The maximum absolute atomic E-state index is 11.9. The Balaban J connectivity index is 2.88. The molecule has 0 radical (unpaired) electrons. The lowest BCUT2D eigenvalue weighted by molar-refractivity contribution is -0.384. The van der Waals surface area contributed by atoms with Gasteiger partial charge >= 0.3 is 5.97 Å². The number of ether oxygens (including phenoxy) is 1. The van der Waals surface area contributed by atoms with Crippen molar-refractivity contribution in [2.24, 2.45) is 0 Å². The van der Waals surface area contributed by atoms with E-state index in [1.165, 1.54) is 0 Å². The second kappa shape index (κ2) is 5.98. The van der Waals surface area contributed by atoms with Crippen LogP contribution in [0, 0.1) is 10.1 Å². The molecule has 9 heteroatoms. The van der Waals surface area contributed by atoms with E-state index in [4.69, 9.17) is 11.6 Å². The van der Waals surface area contributed by atoms with Gasteiger partial charge in [-0.25, -0.2) is 8.42 Å². The number of nitro benzene ring substituents is 1. The van der Waals surface area contributed by atoms with E-state index in [0.717, 1.165) is 31.2 Å². The molecule has 19 heavy (non-hydrogen) atoms. The number of benzene rings is 1. The van der Waals surface area contributed by atoms with E-state index in [1.54, 1.807) is 0 Å². The van der Waals surface area contributed by atoms with Crippen LogP contribution in [-0.4, -0.2) is 30.6 Å². The highest BCUT2D eigenvalue weighted by Crippen LogP contribution is 2.18. The summed E-state index contributed by atoms with van der Waals surface area (Å²) in [5.41, 5.74) is -1.53. The van der Waals surface area contributed by atoms with Crippen molar-refractivity contribution >= 4 is 33.1 Å². The van der Waals surface area contributed by atoms with E-state index in [1.807, 2.05) is 0 Å². The van der Waals surface area contributed by atoms with Gasteiger partial charge in [0, 0.05) is 19.1 Å². The van der Waals surface area contributed by atoms with Crippen LogP contribution in [0.2, 0.25) is 0 Å². The second-order valence-electron chi connectivity index (χ2n) is 3.55. The van der Waals surface area contributed by atoms with Crippen LogP contribution in [-0.2, 0) is 19.4 Å². The van der Waals surface area contributed by atoms with Gasteiger partial charge in [0.15, 0.2) is 15.4 Å². The van der Waals surface area contributed by atoms with E-state index >= 15 is 0 Å². The zero-order valence-electron chi connectivity index (χ0n) is 9.78. The van der Waals surface area contributed by atoms with Crippen molar-refractivity contribution < 1.29 is 22.9 Å². The van der Waals surface area contributed by atoms with Crippen molar-refractivity contribution in [3.63, 3.8) is 0 Å². The van der Waals surface area contributed by atoms with Gasteiger partial charge < -0.3 is 4.74 Å². The third-order valence-corrected chi connectivity index (χ3v) is 4.21. The lowest BCUT2D eigenvalue weighted by Gasteiger charge is -2.10. The molecule has 0 spiro atoms. The third-order valence-electron chi connectivity index (χ3n) is 2.05. The Morgan fingerprint density at radius 1 is 1.42 bits per heavy atom. The summed E-state index contributed by atoms with van der Waals surface area (Å²) in [7, 11) is -3.78. The maximum Gasteiger partial charge on any atom is 0.304 e. The molecule has 1 aromatic carbocycles. The van der Waals surface area contributed by atoms with E-state index in [0.29, 0.717) is 0 Å². The van der Waals surface area contributed by atoms with Crippen LogP contribution in [0.25, 0.3) is 0 Å². The van der Waals surface area contributed by atoms with Gasteiger partial charge in [-0.3, -0.25) is 14.9 Å². The first-order valence-corrected chi connectivity index (χ1v) is 7.10. The summed E-state index contributed by atoms with van der Waals surface area (Å²) in [5, 5.41) is 10.4. The van der Waals surface area contributed by atoms with Crippen LogP contribution >= 0.6 is 11.6 Å². The first kappa shape index (κ1) is 15.4. The molecule has 0 saturated heterocycles. The van der Waals surface area contributed by atoms with E-state index in [9.17, 15) is 23.3 Å². The molecular formula is C10H10ClNO6S. The highest BCUT2D eigenvalue weighted by molar-refractivity contribution is 7.91. The zero-order valence-corrected chi connectivity index (χ0v) is 11.3. The van der Waals surface area contributed by atoms with E-state index < -0.39 is 32.0 Å². The summed E-state index contributed by atoms with van der Waals surface area (Å²) in [6.07, 6.45) is 0. The number of carbonyl (C=O) groups is 1. The zero-order chi connectivity index (χ0) is 14.6. The molecule has 0 aliphatic carbocycles. The lowest BCUT2D eigenvalue weighted by Crippen LogP contribution is -2.21. The monoisotopic (exact) mass is 307 g/mol. The maximum atomic E-state index is 11.9. The van der Waals surface area contributed by atoms with Gasteiger partial charge in [-0.05, 0) is 12.1 Å².